The number of amides is 1. The Bertz CT molecular complexity index is 1210. The molecule has 0 spiro atoms. The average molecular weight is 483 g/mol. The number of halogens is 2. The summed E-state index contributed by atoms with van der Waals surface area (Å²) in [7, 11) is 1.79. The molecule has 0 saturated heterocycles. The number of carbonyl (C=O) groups is 1. The molecular formula is C25H20Cl2N2O2S. The summed E-state index contributed by atoms with van der Waals surface area (Å²) < 4.78 is 5.83. The van der Waals surface area contributed by atoms with Crippen LogP contribution in [0.5, 0.6) is 5.75 Å². The molecule has 1 amide bonds. The van der Waals surface area contributed by atoms with Crippen molar-refractivity contribution in [1.82, 2.24) is 9.88 Å². The van der Waals surface area contributed by atoms with Gasteiger partial charge in [-0.15, -0.1) is 11.3 Å². The van der Waals surface area contributed by atoms with Crippen molar-refractivity contribution in [3.8, 4) is 16.3 Å². The molecule has 7 heteroatoms. The van der Waals surface area contributed by atoms with Gasteiger partial charge in [0.1, 0.15) is 23.1 Å². The number of hydrogen-bond acceptors (Lipinski definition) is 4. The Morgan fingerprint density at radius 3 is 2.44 bits per heavy atom. The molecule has 0 aliphatic heterocycles. The van der Waals surface area contributed by atoms with Crippen LogP contribution in [0.4, 0.5) is 0 Å². The summed E-state index contributed by atoms with van der Waals surface area (Å²) in [5, 5.41) is 3.62. The molecule has 0 unspecified atom stereocenters. The molecule has 0 atom stereocenters. The number of hydrogen-bond donors (Lipinski definition) is 0. The van der Waals surface area contributed by atoms with Gasteiger partial charge in [-0.3, -0.25) is 4.79 Å². The second kappa shape index (κ2) is 10.2. The van der Waals surface area contributed by atoms with E-state index in [0.717, 1.165) is 27.4 Å². The minimum atomic E-state index is -0.0991. The van der Waals surface area contributed by atoms with E-state index in [9.17, 15) is 4.79 Å². The van der Waals surface area contributed by atoms with Gasteiger partial charge in [-0.1, -0.05) is 59.6 Å². The van der Waals surface area contributed by atoms with Crippen molar-refractivity contribution < 1.29 is 9.53 Å². The second-order valence-corrected chi connectivity index (χ2v) is 8.92. The number of ether oxygens (including phenoxy) is 1. The van der Waals surface area contributed by atoms with E-state index in [1.807, 2.05) is 60.7 Å². The van der Waals surface area contributed by atoms with Crippen molar-refractivity contribution >= 4 is 40.4 Å². The van der Waals surface area contributed by atoms with Crippen LogP contribution in [-0.4, -0.2) is 22.8 Å². The number of nitrogens with zero attached hydrogens (tertiary/aromatic N) is 2. The standard InChI is InChI=1S/C25H20Cl2N2O2S/c1-29(14-17-5-3-2-4-6-17)25(30)23-16-32-24(28-23)19-8-10-20(11-9-19)31-15-18-7-12-21(26)22(27)13-18/h2-13,16H,14-15H2,1H3. The van der Waals surface area contributed by atoms with Crippen LogP contribution in [0.1, 0.15) is 21.6 Å². The zero-order valence-corrected chi connectivity index (χ0v) is 19.6. The molecule has 0 aliphatic rings. The normalized spacial score (nSPS) is 10.7. The summed E-state index contributed by atoms with van der Waals surface area (Å²) in [6.07, 6.45) is 0. The van der Waals surface area contributed by atoms with Gasteiger partial charge in [0.05, 0.1) is 10.0 Å². The van der Waals surface area contributed by atoms with Crippen molar-refractivity contribution in [3.05, 3.63) is 105 Å². The Kier molecular flexibility index (Phi) is 7.10. The SMILES string of the molecule is CN(Cc1ccccc1)C(=O)c1csc(-c2ccc(OCc3ccc(Cl)c(Cl)c3)cc2)n1. The number of rotatable bonds is 7. The third-order valence-corrected chi connectivity index (χ3v) is 6.45. The van der Waals surface area contributed by atoms with E-state index in [1.165, 1.54) is 11.3 Å². The first-order valence-corrected chi connectivity index (χ1v) is 11.6. The van der Waals surface area contributed by atoms with Crippen LogP contribution in [0.15, 0.2) is 78.2 Å². The van der Waals surface area contributed by atoms with Crippen LogP contribution in [-0.2, 0) is 13.2 Å². The topological polar surface area (TPSA) is 42.4 Å². The third kappa shape index (κ3) is 5.49. The Morgan fingerprint density at radius 1 is 0.969 bits per heavy atom. The van der Waals surface area contributed by atoms with Crippen LogP contribution in [0.3, 0.4) is 0 Å². The highest BCUT2D eigenvalue weighted by molar-refractivity contribution is 7.13. The maximum Gasteiger partial charge on any atom is 0.273 e. The average Bonchev–Trinajstić information content (AvgIpc) is 3.30. The monoisotopic (exact) mass is 482 g/mol. The Balaban J connectivity index is 1.38. The zero-order chi connectivity index (χ0) is 22.5. The Morgan fingerprint density at radius 2 is 1.72 bits per heavy atom. The lowest BCUT2D eigenvalue weighted by molar-refractivity contribution is 0.0780. The van der Waals surface area contributed by atoms with Gasteiger partial charge in [0.15, 0.2) is 0 Å². The highest BCUT2D eigenvalue weighted by Gasteiger charge is 2.16. The largest absolute Gasteiger partial charge is 0.489 e. The van der Waals surface area contributed by atoms with Crippen LogP contribution in [0.25, 0.3) is 10.6 Å². The van der Waals surface area contributed by atoms with Gasteiger partial charge < -0.3 is 9.64 Å². The highest BCUT2D eigenvalue weighted by atomic mass is 35.5. The van der Waals surface area contributed by atoms with Crippen LogP contribution in [0, 0.1) is 0 Å². The van der Waals surface area contributed by atoms with Gasteiger partial charge in [0, 0.05) is 24.5 Å². The van der Waals surface area contributed by atoms with E-state index in [-0.39, 0.29) is 5.91 Å². The molecule has 162 valence electrons. The van der Waals surface area contributed by atoms with Crippen molar-refractivity contribution in [2.24, 2.45) is 0 Å². The summed E-state index contributed by atoms with van der Waals surface area (Å²) in [4.78, 5) is 19.0. The summed E-state index contributed by atoms with van der Waals surface area (Å²) in [6.45, 7) is 0.928. The lowest BCUT2D eigenvalue weighted by Crippen LogP contribution is -2.26. The fraction of sp³-hybridized carbons (Fsp3) is 0.120. The molecule has 1 heterocycles. The molecule has 1 aromatic heterocycles. The van der Waals surface area contributed by atoms with Gasteiger partial charge in [-0.25, -0.2) is 4.98 Å². The smallest absolute Gasteiger partial charge is 0.273 e. The molecule has 32 heavy (non-hydrogen) atoms. The quantitative estimate of drug-likeness (QED) is 0.285. The van der Waals surface area contributed by atoms with Crippen LogP contribution in [0.2, 0.25) is 10.0 Å². The third-order valence-electron chi connectivity index (χ3n) is 4.82. The molecule has 0 bridgehead atoms. The van der Waals surface area contributed by atoms with Crippen molar-refractivity contribution in [1.29, 1.82) is 0 Å². The van der Waals surface area contributed by atoms with Gasteiger partial charge in [0.25, 0.3) is 5.91 Å². The van der Waals surface area contributed by atoms with Crippen molar-refractivity contribution in [3.63, 3.8) is 0 Å². The van der Waals surface area contributed by atoms with E-state index in [2.05, 4.69) is 4.98 Å². The molecule has 0 N–H and O–H groups in total. The van der Waals surface area contributed by atoms with Gasteiger partial charge in [-0.05, 0) is 47.5 Å². The summed E-state index contributed by atoms with van der Waals surface area (Å²) in [5.74, 6) is 0.633. The molecule has 0 fully saturated rings. The number of benzene rings is 3. The predicted octanol–water partition coefficient (Wildman–Crippen LogP) is 6.97. The minimum absolute atomic E-state index is 0.0991. The molecule has 0 radical (unpaired) electrons. The van der Waals surface area contributed by atoms with Gasteiger partial charge in [0.2, 0.25) is 0 Å². The first-order chi connectivity index (χ1) is 15.5. The fourth-order valence-electron chi connectivity index (χ4n) is 3.12. The van der Waals surface area contributed by atoms with E-state index in [1.54, 1.807) is 29.5 Å². The lowest BCUT2D eigenvalue weighted by Gasteiger charge is -2.15. The zero-order valence-electron chi connectivity index (χ0n) is 17.3. The first kappa shape index (κ1) is 22.3. The number of carbonyl (C=O) groups excluding carboxylic acids is 1. The van der Waals surface area contributed by atoms with Gasteiger partial charge >= 0.3 is 0 Å². The molecular weight excluding hydrogens is 463 g/mol. The lowest BCUT2D eigenvalue weighted by atomic mass is 10.2. The van der Waals surface area contributed by atoms with E-state index < -0.39 is 0 Å². The Labute approximate surface area is 201 Å². The molecule has 4 nitrogen and oxygen atoms in total. The number of thiazole rings is 1. The molecule has 4 rings (SSSR count). The molecule has 0 aliphatic carbocycles. The van der Waals surface area contributed by atoms with Crippen molar-refractivity contribution in [2.45, 2.75) is 13.2 Å². The summed E-state index contributed by atoms with van der Waals surface area (Å²) in [6, 6.07) is 23.0. The fourth-order valence-corrected chi connectivity index (χ4v) is 4.24. The predicted molar refractivity (Wildman–Crippen MR) is 131 cm³/mol. The summed E-state index contributed by atoms with van der Waals surface area (Å²) in [5.41, 5.74) is 3.39. The highest BCUT2D eigenvalue weighted by Crippen LogP contribution is 2.27. The minimum Gasteiger partial charge on any atom is -0.489 e. The van der Waals surface area contributed by atoms with Crippen LogP contribution < -0.4 is 4.74 Å². The molecule has 3 aromatic carbocycles. The number of aromatic nitrogens is 1. The second-order valence-electron chi connectivity index (χ2n) is 7.25. The molecule has 4 aromatic rings. The Hall–Kier alpha value is -2.86. The van der Waals surface area contributed by atoms with E-state index in [4.69, 9.17) is 27.9 Å². The maximum absolute atomic E-state index is 12.7. The first-order valence-electron chi connectivity index (χ1n) is 9.91. The van der Waals surface area contributed by atoms with Gasteiger partial charge in [-0.2, -0.15) is 0 Å². The maximum atomic E-state index is 12.7. The van der Waals surface area contributed by atoms with E-state index >= 15 is 0 Å². The summed E-state index contributed by atoms with van der Waals surface area (Å²) >= 11 is 13.4. The van der Waals surface area contributed by atoms with E-state index in [0.29, 0.717) is 28.9 Å². The molecule has 0 saturated carbocycles. The van der Waals surface area contributed by atoms with Crippen molar-refractivity contribution in [2.75, 3.05) is 7.05 Å². The van der Waals surface area contributed by atoms with Crippen LogP contribution >= 0.6 is 34.5 Å².